The van der Waals surface area contributed by atoms with Gasteiger partial charge in [-0.2, -0.15) is 8.42 Å². The van der Waals surface area contributed by atoms with Gasteiger partial charge in [-0.3, -0.25) is 10.1 Å². The largest absolute Gasteiger partial charge is 0.449 e. The summed E-state index contributed by atoms with van der Waals surface area (Å²) >= 11 is 0. The summed E-state index contributed by atoms with van der Waals surface area (Å²) in [4.78, 5) is 35.1. The summed E-state index contributed by atoms with van der Waals surface area (Å²) in [5.41, 5.74) is 1.39. The van der Waals surface area contributed by atoms with E-state index in [1.807, 2.05) is 5.32 Å². The van der Waals surface area contributed by atoms with Gasteiger partial charge in [0.05, 0.1) is 5.56 Å². The van der Waals surface area contributed by atoms with E-state index in [9.17, 15) is 22.8 Å². The Hall–Kier alpha value is -3.40. The van der Waals surface area contributed by atoms with E-state index in [-0.39, 0.29) is 16.2 Å². The number of urea groups is 1. The monoisotopic (exact) mass is 434 g/mol. The summed E-state index contributed by atoms with van der Waals surface area (Å²) in [7, 11) is -2.71. The Bertz CT molecular complexity index is 1060. The van der Waals surface area contributed by atoms with Gasteiger partial charge in [-0.05, 0) is 62.2 Å². The minimum Gasteiger partial charge on any atom is -0.449 e. The molecule has 0 saturated heterocycles. The number of amides is 3. The van der Waals surface area contributed by atoms with Crippen molar-refractivity contribution in [1.29, 1.82) is 0 Å². The minimum absolute atomic E-state index is 0.0119. The molecule has 30 heavy (non-hydrogen) atoms. The summed E-state index contributed by atoms with van der Waals surface area (Å²) < 4.78 is 35.2. The van der Waals surface area contributed by atoms with Gasteiger partial charge >= 0.3 is 22.1 Å². The lowest BCUT2D eigenvalue weighted by Crippen LogP contribution is -2.43. The maximum absolute atomic E-state index is 12.5. The van der Waals surface area contributed by atoms with Gasteiger partial charge in [0.25, 0.3) is 5.91 Å². The average Bonchev–Trinajstić information content (AvgIpc) is 2.69. The molecule has 1 atom stereocenters. The molecule has 0 fully saturated rings. The van der Waals surface area contributed by atoms with E-state index in [1.54, 1.807) is 26.0 Å². The summed E-state index contributed by atoms with van der Waals surface area (Å²) in [5, 5.41) is 4.20. The first kappa shape index (κ1) is 22.9. The lowest BCUT2D eigenvalue weighted by atomic mass is 10.2. The Labute approximate surface area is 174 Å². The van der Waals surface area contributed by atoms with Gasteiger partial charge in [-0.15, -0.1) is 0 Å². The number of rotatable bonds is 6. The number of carbonyl (C=O) groups is 3. The van der Waals surface area contributed by atoms with E-state index >= 15 is 0 Å². The third kappa shape index (κ3) is 5.80. The van der Waals surface area contributed by atoms with Crippen molar-refractivity contribution >= 4 is 28.0 Å². The van der Waals surface area contributed by atoms with Crippen molar-refractivity contribution in [2.45, 2.75) is 31.8 Å². The van der Waals surface area contributed by atoms with E-state index in [4.69, 9.17) is 8.92 Å². The molecule has 0 heterocycles. The summed E-state index contributed by atoms with van der Waals surface area (Å²) in [6.45, 7) is 4.75. The van der Waals surface area contributed by atoms with Crippen molar-refractivity contribution in [3.05, 3.63) is 59.2 Å². The number of aryl methyl sites for hydroxylation is 2. The molecule has 0 aliphatic heterocycles. The van der Waals surface area contributed by atoms with Gasteiger partial charge in [0.15, 0.2) is 6.10 Å². The first-order valence-electron chi connectivity index (χ1n) is 8.89. The van der Waals surface area contributed by atoms with Crippen LogP contribution < -0.4 is 14.8 Å². The van der Waals surface area contributed by atoms with Gasteiger partial charge in [0.2, 0.25) is 0 Å². The standard InChI is InChI=1S/C20H22N2O7S/c1-12-5-6-13(2)17(11-12)30(26,27)29-16-9-7-15(8-10-16)19(24)28-14(3)18(23)22-20(25)21-4/h5-11,14H,1-4H3,(H2,21,22,23,25)/t14-/m1/s1. The van der Waals surface area contributed by atoms with Gasteiger partial charge in [0, 0.05) is 7.05 Å². The Morgan fingerprint density at radius 2 is 1.63 bits per heavy atom. The van der Waals surface area contributed by atoms with Crippen LogP contribution in [-0.2, 0) is 19.6 Å². The number of imide groups is 1. The highest BCUT2D eigenvalue weighted by molar-refractivity contribution is 7.87. The highest BCUT2D eigenvalue weighted by Gasteiger charge is 2.22. The van der Waals surface area contributed by atoms with Crippen LogP contribution in [0, 0.1) is 13.8 Å². The topological polar surface area (TPSA) is 128 Å². The van der Waals surface area contributed by atoms with Crippen LogP contribution >= 0.6 is 0 Å². The zero-order valence-corrected chi connectivity index (χ0v) is 17.7. The molecule has 9 nitrogen and oxygen atoms in total. The molecule has 0 saturated carbocycles. The molecule has 0 bridgehead atoms. The summed E-state index contributed by atoms with van der Waals surface area (Å²) in [6, 6.07) is 9.48. The van der Waals surface area contributed by atoms with Gasteiger partial charge in [-0.25, -0.2) is 9.59 Å². The normalized spacial score (nSPS) is 11.9. The molecule has 0 spiro atoms. The van der Waals surface area contributed by atoms with Crippen molar-refractivity contribution in [3.63, 3.8) is 0 Å². The molecular formula is C20H22N2O7S. The quantitative estimate of drug-likeness (QED) is 0.526. The van der Waals surface area contributed by atoms with Crippen molar-refractivity contribution in [2.75, 3.05) is 7.05 Å². The fraction of sp³-hybridized carbons (Fsp3) is 0.250. The maximum Gasteiger partial charge on any atom is 0.339 e. The second-order valence-electron chi connectivity index (χ2n) is 6.45. The van der Waals surface area contributed by atoms with Crippen LogP contribution in [0.25, 0.3) is 0 Å². The molecule has 0 unspecified atom stereocenters. The number of carbonyl (C=O) groups excluding carboxylic acids is 3. The van der Waals surface area contributed by atoms with E-state index in [0.29, 0.717) is 5.56 Å². The highest BCUT2D eigenvalue weighted by atomic mass is 32.2. The Kier molecular flexibility index (Phi) is 7.17. The zero-order valence-electron chi connectivity index (χ0n) is 16.9. The maximum atomic E-state index is 12.5. The molecule has 0 radical (unpaired) electrons. The Balaban J connectivity index is 2.07. The number of nitrogens with one attached hydrogen (secondary N) is 2. The van der Waals surface area contributed by atoms with Gasteiger partial charge in [0.1, 0.15) is 10.6 Å². The number of benzene rings is 2. The van der Waals surface area contributed by atoms with Crippen LogP contribution in [0.2, 0.25) is 0 Å². The third-order valence-electron chi connectivity index (χ3n) is 4.03. The summed E-state index contributed by atoms with van der Waals surface area (Å²) in [5.74, 6) is -1.60. The van der Waals surface area contributed by atoms with Crippen molar-refractivity contribution in [2.24, 2.45) is 0 Å². The van der Waals surface area contributed by atoms with E-state index in [1.165, 1.54) is 44.3 Å². The molecule has 10 heteroatoms. The van der Waals surface area contributed by atoms with Crippen molar-refractivity contribution < 1.29 is 31.7 Å². The molecule has 0 aliphatic rings. The predicted octanol–water partition coefficient (Wildman–Crippen LogP) is 2.07. The van der Waals surface area contributed by atoms with Gasteiger partial charge in [-0.1, -0.05) is 12.1 Å². The minimum atomic E-state index is -4.05. The fourth-order valence-electron chi connectivity index (χ4n) is 2.35. The summed E-state index contributed by atoms with van der Waals surface area (Å²) in [6.07, 6.45) is -1.21. The molecule has 160 valence electrons. The van der Waals surface area contributed by atoms with Crippen molar-refractivity contribution in [1.82, 2.24) is 10.6 Å². The van der Waals surface area contributed by atoms with Crippen molar-refractivity contribution in [3.8, 4) is 5.75 Å². The molecule has 2 rings (SSSR count). The van der Waals surface area contributed by atoms with Crippen LogP contribution in [0.15, 0.2) is 47.4 Å². The Morgan fingerprint density at radius 1 is 1.00 bits per heavy atom. The van der Waals surface area contributed by atoms with E-state index in [0.717, 1.165) is 5.56 Å². The number of ether oxygens (including phenoxy) is 1. The fourth-order valence-corrected chi connectivity index (χ4v) is 3.60. The van der Waals surface area contributed by atoms with Crippen LogP contribution in [-0.4, -0.2) is 39.5 Å². The smallest absolute Gasteiger partial charge is 0.339 e. The molecule has 3 amide bonds. The lowest BCUT2D eigenvalue weighted by Gasteiger charge is -2.13. The second kappa shape index (κ2) is 9.40. The molecular weight excluding hydrogens is 412 g/mol. The number of hydrogen-bond donors (Lipinski definition) is 2. The third-order valence-corrected chi connectivity index (χ3v) is 5.42. The molecule has 0 aliphatic carbocycles. The zero-order chi connectivity index (χ0) is 22.5. The van der Waals surface area contributed by atoms with E-state index in [2.05, 4.69) is 5.32 Å². The SMILES string of the molecule is CNC(=O)NC(=O)[C@@H](C)OC(=O)c1ccc(OS(=O)(=O)c2cc(C)ccc2C)cc1. The Morgan fingerprint density at radius 3 is 2.23 bits per heavy atom. The first-order chi connectivity index (χ1) is 14.0. The number of esters is 1. The lowest BCUT2D eigenvalue weighted by molar-refractivity contribution is -0.127. The van der Waals surface area contributed by atoms with Crippen LogP contribution in [0.4, 0.5) is 4.79 Å². The number of hydrogen-bond acceptors (Lipinski definition) is 7. The first-order valence-corrected chi connectivity index (χ1v) is 10.3. The molecule has 2 N–H and O–H groups in total. The van der Waals surface area contributed by atoms with Crippen LogP contribution in [0.3, 0.4) is 0 Å². The highest BCUT2D eigenvalue weighted by Crippen LogP contribution is 2.23. The molecule has 2 aromatic rings. The second-order valence-corrected chi connectivity index (χ2v) is 7.96. The van der Waals surface area contributed by atoms with Crippen LogP contribution in [0.5, 0.6) is 5.75 Å². The predicted molar refractivity (Wildman–Crippen MR) is 108 cm³/mol. The van der Waals surface area contributed by atoms with Gasteiger partial charge < -0.3 is 14.2 Å². The van der Waals surface area contributed by atoms with E-state index < -0.39 is 34.1 Å². The molecule has 0 aromatic heterocycles. The van der Waals surface area contributed by atoms with Crippen LogP contribution in [0.1, 0.15) is 28.4 Å². The average molecular weight is 434 g/mol. The molecule has 2 aromatic carbocycles.